The molecule has 176 valence electrons. The maximum atomic E-state index is 11.8. The van der Waals surface area contributed by atoms with Crippen molar-refractivity contribution in [3.05, 3.63) is 78.4 Å². The summed E-state index contributed by atoms with van der Waals surface area (Å²) in [5.74, 6) is -0.786. The van der Waals surface area contributed by atoms with Crippen molar-refractivity contribution in [2.45, 2.75) is 25.7 Å². The number of benzene rings is 3. The number of methoxy groups -OCH3 is 1. The molecule has 0 bridgehead atoms. The van der Waals surface area contributed by atoms with Gasteiger partial charge >= 0.3 is 5.97 Å². The minimum atomic E-state index is -1.31. The van der Waals surface area contributed by atoms with E-state index in [2.05, 4.69) is 65.2 Å². The third kappa shape index (κ3) is 4.39. The Morgan fingerprint density at radius 1 is 0.941 bits per heavy atom. The number of fused-ring (bicyclic) bond motifs is 3. The quantitative estimate of drug-likeness (QED) is 0.365. The molecule has 1 fully saturated rings. The minimum Gasteiger partial charge on any atom is -0.492 e. The fraction of sp³-hybridized carbons (Fsp3) is 0.321. The van der Waals surface area contributed by atoms with Crippen LogP contribution in [0, 0.1) is 5.92 Å². The zero-order valence-electron chi connectivity index (χ0n) is 19.5. The van der Waals surface area contributed by atoms with Crippen molar-refractivity contribution in [2.75, 3.05) is 26.9 Å². The van der Waals surface area contributed by atoms with Gasteiger partial charge < -0.3 is 23.5 Å². The Bertz CT molecular complexity index is 1230. The maximum absolute atomic E-state index is 11.8. The van der Waals surface area contributed by atoms with E-state index in [9.17, 15) is 4.79 Å². The lowest BCUT2D eigenvalue weighted by molar-refractivity contribution is -0.272. The molecule has 4 aromatic rings. The third-order valence-electron chi connectivity index (χ3n) is 6.46. The summed E-state index contributed by atoms with van der Waals surface area (Å²) in [6.07, 6.45) is 0.804. The van der Waals surface area contributed by atoms with E-state index in [0.717, 1.165) is 18.7 Å². The van der Waals surface area contributed by atoms with Crippen LogP contribution in [0.2, 0.25) is 0 Å². The molecule has 1 saturated heterocycles. The first-order valence-corrected chi connectivity index (χ1v) is 11.6. The van der Waals surface area contributed by atoms with Crippen LogP contribution in [0.15, 0.2) is 72.8 Å². The van der Waals surface area contributed by atoms with Gasteiger partial charge in [0, 0.05) is 34.6 Å². The normalized spacial score (nSPS) is 20.5. The lowest BCUT2D eigenvalue weighted by atomic mass is 9.99. The number of aromatic nitrogens is 1. The Balaban J connectivity index is 1.17. The predicted molar refractivity (Wildman–Crippen MR) is 131 cm³/mol. The number of para-hydroxylation sites is 2. The zero-order valence-corrected chi connectivity index (χ0v) is 19.5. The fourth-order valence-electron chi connectivity index (χ4n) is 4.62. The van der Waals surface area contributed by atoms with E-state index in [-0.39, 0.29) is 5.92 Å². The van der Waals surface area contributed by atoms with Crippen LogP contribution < -0.4 is 4.74 Å². The van der Waals surface area contributed by atoms with E-state index in [1.807, 2.05) is 12.1 Å². The van der Waals surface area contributed by atoms with E-state index < -0.39 is 11.8 Å². The number of ether oxygens (including phenoxy) is 4. The Kier molecular flexibility index (Phi) is 6.26. The Hall–Kier alpha value is -3.35. The van der Waals surface area contributed by atoms with Crippen LogP contribution in [0.1, 0.15) is 12.5 Å². The minimum absolute atomic E-state index is 0.180. The molecule has 0 radical (unpaired) electrons. The van der Waals surface area contributed by atoms with Gasteiger partial charge in [0.25, 0.3) is 5.79 Å². The molecular formula is C28H29NO5. The molecule has 0 unspecified atom stereocenters. The van der Waals surface area contributed by atoms with Crippen molar-refractivity contribution in [1.29, 1.82) is 0 Å². The Morgan fingerprint density at radius 2 is 1.53 bits per heavy atom. The number of carbonyl (C=O) groups is 1. The van der Waals surface area contributed by atoms with Gasteiger partial charge in [-0.2, -0.15) is 0 Å². The first-order chi connectivity index (χ1) is 16.6. The second kappa shape index (κ2) is 9.49. The van der Waals surface area contributed by atoms with Crippen molar-refractivity contribution in [1.82, 2.24) is 4.57 Å². The summed E-state index contributed by atoms with van der Waals surface area (Å²) in [5.41, 5.74) is 3.62. The molecule has 6 heteroatoms. The molecular weight excluding hydrogens is 430 g/mol. The highest BCUT2D eigenvalue weighted by Crippen LogP contribution is 2.29. The van der Waals surface area contributed by atoms with Gasteiger partial charge in [0.15, 0.2) is 0 Å². The molecule has 2 heterocycles. The molecule has 0 N–H and O–H groups in total. The van der Waals surface area contributed by atoms with Gasteiger partial charge in [0.2, 0.25) is 0 Å². The van der Waals surface area contributed by atoms with E-state index >= 15 is 0 Å². The van der Waals surface area contributed by atoms with Crippen molar-refractivity contribution < 1.29 is 23.7 Å². The lowest BCUT2D eigenvalue weighted by Gasteiger charge is -2.35. The molecule has 1 aliphatic rings. The summed E-state index contributed by atoms with van der Waals surface area (Å²) in [6, 6.07) is 25.2. The number of hydrogen-bond acceptors (Lipinski definition) is 5. The largest absolute Gasteiger partial charge is 0.492 e. The van der Waals surface area contributed by atoms with E-state index in [1.54, 1.807) is 6.92 Å². The number of rotatable bonds is 7. The zero-order chi connectivity index (χ0) is 23.5. The molecule has 6 nitrogen and oxygen atoms in total. The third-order valence-corrected chi connectivity index (χ3v) is 6.46. The number of nitrogens with zero attached hydrogens (tertiary/aromatic N) is 1. The molecule has 0 atom stereocenters. The van der Waals surface area contributed by atoms with Crippen molar-refractivity contribution in [3.8, 4) is 5.75 Å². The Morgan fingerprint density at radius 3 is 2.12 bits per heavy atom. The van der Waals surface area contributed by atoms with Crippen LogP contribution in [0.25, 0.3) is 21.8 Å². The molecule has 0 aliphatic carbocycles. The van der Waals surface area contributed by atoms with Crippen molar-refractivity contribution in [2.24, 2.45) is 5.92 Å². The van der Waals surface area contributed by atoms with Gasteiger partial charge in [-0.3, -0.25) is 0 Å². The van der Waals surface area contributed by atoms with Crippen molar-refractivity contribution >= 4 is 27.8 Å². The fourth-order valence-corrected chi connectivity index (χ4v) is 4.62. The average molecular weight is 460 g/mol. The number of esters is 1. The molecule has 1 aromatic heterocycles. The summed E-state index contributed by atoms with van der Waals surface area (Å²) in [6.45, 7) is 3.84. The molecule has 1 aliphatic heterocycles. The smallest absolute Gasteiger partial charge is 0.366 e. The number of hydrogen-bond donors (Lipinski definition) is 0. The second-order valence-electron chi connectivity index (χ2n) is 8.81. The second-order valence-corrected chi connectivity index (χ2v) is 8.81. The summed E-state index contributed by atoms with van der Waals surface area (Å²) in [5, 5.41) is 2.54. The first-order valence-electron chi connectivity index (χ1n) is 11.6. The van der Waals surface area contributed by atoms with Gasteiger partial charge in [-0.1, -0.05) is 48.5 Å². The maximum Gasteiger partial charge on any atom is 0.366 e. The molecule has 0 saturated carbocycles. The average Bonchev–Trinajstić information content (AvgIpc) is 3.20. The highest BCUT2D eigenvalue weighted by atomic mass is 16.7. The van der Waals surface area contributed by atoms with E-state index in [1.165, 1.54) is 34.5 Å². The topological polar surface area (TPSA) is 58.9 Å². The van der Waals surface area contributed by atoms with Crippen LogP contribution in [-0.2, 0) is 32.0 Å². The predicted octanol–water partition coefficient (Wildman–Crippen LogP) is 4.97. The van der Waals surface area contributed by atoms with Gasteiger partial charge in [0.05, 0.1) is 26.9 Å². The van der Waals surface area contributed by atoms with Gasteiger partial charge in [-0.15, -0.1) is 0 Å². The molecule has 0 amide bonds. The van der Waals surface area contributed by atoms with E-state index in [4.69, 9.17) is 18.9 Å². The summed E-state index contributed by atoms with van der Waals surface area (Å²) >= 11 is 0. The van der Waals surface area contributed by atoms with E-state index in [0.29, 0.717) is 19.8 Å². The van der Waals surface area contributed by atoms with Gasteiger partial charge in [-0.25, -0.2) is 4.79 Å². The summed E-state index contributed by atoms with van der Waals surface area (Å²) in [7, 11) is 1.33. The van der Waals surface area contributed by atoms with Gasteiger partial charge in [-0.05, 0) is 36.2 Å². The Labute approximate surface area is 199 Å². The van der Waals surface area contributed by atoms with Crippen molar-refractivity contribution in [3.63, 3.8) is 0 Å². The summed E-state index contributed by atoms with van der Waals surface area (Å²) in [4.78, 5) is 11.8. The highest BCUT2D eigenvalue weighted by molar-refractivity contribution is 6.07. The van der Waals surface area contributed by atoms with Crippen LogP contribution in [0.3, 0.4) is 0 Å². The summed E-state index contributed by atoms with van der Waals surface area (Å²) < 4.78 is 24.4. The highest BCUT2D eigenvalue weighted by Gasteiger charge is 2.41. The standard InChI is InChI=1S/C28H29NO5/c1-28(27(30)31-2)33-18-21(19-34-28)17-20-11-13-22(14-12-20)32-16-15-29-25-9-5-3-7-23(25)24-8-4-6-10-26(24)29/h3-14,21H,15-19H2,1-2H3/t21-,28-. The van der Waals surface area contributed by atoms with Gasteiger partial charge in [0.1, 0.15) is 12.4 Å². The van der Waals surface area contributed by atoms with Crippen LogP contribution in [-0.4, -0.2) is 43.3 Å². The van der Waals surface area contributed by atoms with Crippen LogP contribution in [0.4, 0.5) is 0 Å². The molecule has 3 aromatic carbocycles. The molecule has 0 spiro atoms. The molecule has 34 heavy (non-hydrogen) atoms. The van der Waals surface area contributed by atoms with Crippen LogP contribution >= 0.6 is 0 Å². The SMILES string of the molecule is COC(=O)[C@]1(C)OC[C@@H](Cc2ccc(OCCn3c4ccccc4c4ccccc43)cc2)CO1. The molecule has 5 rings (SSSR count). The lowest BCUT2D eigenvalue weighted by Crippen LogP contribution is -2.48. The monoisotopic (exact) mass is 459 g/mol. The van der Waals surface area contributed by atoms with Crippen LogP contribution in [0.5, 0.6) is 5.75 Å². The first kappa shape index (κ1) is 22.4. The number of carbonyl (C=O) groups excluding carboxylic acids is 1.